The molecule has 0 fully saturated rings. The van der Waals surface area contributed by atoms with E-state index in [-0.39, 0.29) is 5.88 Å². The van der Waals surface area contributed by atoms with Crippen LogP contribution in [0.2, 0.25) is 0 Å². The van der Waals surface area contributed by atoms with Crippen molar-refractivity contribution in [1.29, 1.82) is 0 Å². The third-order valence-electron chi connectivity index (χ3n) is 2.64. The van der Waals surface area contributed by atoms with Crippen LogP contribution in [-0.2, 0) is 6.54 Å². The van der Waals surface area contributed by atoms with Crippen LogP contribution in [0.4, 0.5) is 4.79 Å². The summed E-state index contributed by atoms with van der Waals surface area (Å²) in [6.07, 6.45) is 4.19. The van der Waals surface area contributed by atoms with E-state index >= 15 is 0 Å². The van der Waals surface area contributed by atoms with E-state index < -0.39 is 6.09 Å². The van der Waals surface area contributed by atoms with E-state index in [0.29, 0.717) is 18.1 Å². The topological polar surface area (TPSA) is 90.4 Å². The van der Waals surface area contributed by atoms with Crippen molar-refractivity contribution in [3.05, 3.63) is 54.6 Å². The molecule has 7 heteroatoms. The fourth-order valence-corrected chi connectivity index (χ4v) is 1.65. The summed E-state index contributed by atoms with van der Waals surface area (Å²) in [5.41, 5.74) is 0.915. The lowest BCUT2D eigenvalue weighted by atomic mass is 10.3. The summed E-state index contributed by atoms with van der Waals surface area (Å²) >= 11 is 0. The average molecular weight is 285 g/mol. The highest BCUT2D eigenvalue weighted by Gasteiger charge is 2.12. The number of hydrogen-bond donors (Lipinski definition) is 1. The van der Waals surface area contributed by atoms with E-state index in [1.165, 1.54) is 12.3 Å². The van der Waals surface area contributed by atoms with Crippen molar-refractivity contribution in [2.45, 2.75) is 6.54 Å². The monoisotopic (exact) mass is 285 g/mol. The molecule has 7 nitrogen and oxygen atoms in total. The highest BCUT2D eigenvalue weighted by Crippen LogP contribution is 2.23. The summed E-state index contributed by atoms with van der Waals surface area (Å²) in [6, 6.07) is 8.51. The maximum absolute atomic E-state index is 11.6. The highest BCUT2D eigenvalue weighted by molar-refractivity contribution is 5.70. The minimum absolute atomic E-state index is 0.0635. The number of nitrogens with zero attached hydrogens (tertiary/aromatic N) is 2. The second-order valence-electron chi connectivity index (χ2n) is 4.11. The number of furan rings is 1. The zero-order valence-electron chi connectivity index (χ0n) is 10.9. The van der Waals surface area contributed by atoms with Crippen molar-refractivity contribution in [2.75, 3.05) is 0 Å². The number of nitrogens with one attached hydrogen (secondary N) is 1. The molecular weight excluding hydrogens is 274 g/mol. The van der Waals surface area contributed by atoms with E-state index in [9.17, 15) is 4.79 Å². The summed E-state index contributed by atoms with van der Waals surface area (Å²) in [5.74, 6) is 0.958. The summed E-state index contributed by atoms with van der Waals surface area (Å²) in [6.45, 7) is 0.338. The van der Waals surface area contributed by atoms with E-state index in [1.807, 2.05) is 0 Å². The summed E-state index contributed by atoms with van der Waals surface area (Å²) in [7, 11) is 0. The maximum atomic E-state index is 11.6. The first-order valence-corrected chi connectivity index (χ1v) is 6.16. The van der Waals surface area contributed by atoms with Crippen molar-refractivity contribution in [2.24, 2.45) is 0 Å². The molecule has 3 rings (SSSR count). The molecule has 21 heavy (non-hydrogen) atoms. The van der Waals surface area contributed by atoms with E-state index in [2.05, 4.69) is 15.5 Å². The smallest absolute Gasteiger partial charge is 0.414 e. The van der Waals surface area contributed by atoms with Gasteiger partial charge in [0.25, 0.3) is 5.88 Å². The molecule has 0 spiro atoms. The van der Waals surface area contributed by atoms with Crippen LogP contribution in [0.25, 0.3) is 11.5 Å². The Balaban J connectivity index is 1.55. The lowest BCUT2D eigenvalue weighted by molar-refractivity contribution is 0.195. The van der Waals surface area contributed by atoms with Crippen LogP contribution in [-0.4, -0.2) is 16.2 Å². The van der Waals surface area contributed by atoms with Gasteiger partial charge in [0.15, 0.2) is 5.76 Å². The number of amides is 1. The third-order valence-corrected chi connectivity index (χ3v) is 2.64. The predicted octanol–water partition coefficient (Wildman–Crippen LogP) is 2.62. The van der Waals surface area contributed by atoms with Crippen molar-refractivity contribution in [3.8, 4) is 17.4 Å². The highest BCUT2D eigenvalue weighted by atomic mass is 16.6. The van der Waals surface area contributed by atoms with Crippen molar-refractivity contribution < 1.29 is 18.5 Å². The molecule has 0 saturated heterocycles. The van der Waals surface area contributed by atoms with Crippen LogP contribution in [0.5, 0.6) is 5.88 Å². The van der Waals surface area contributed by atoms with Gasteiger partial charge in [-0.15, -0.1) is 0 Å². The number of rotatable bonds is 4. The SMILES string of the molecule is O=C(NCc1ccncc1)Oc1cc(-c2ccco2)on1. The maximum Gasteiger partial charge on any atom is 0.414 e. The van der Waals surface area contributed by atoms with Gasteiger partial charge in [0.05, 0.1) is 12.3 Å². The van der Waals surface area contributed by atoms with E-state index in [1.54, 1.807) is 36.7 Å². The van der Waals surface area contributed by atoms with Gasteiger partial charge in [-0.2, -0.15) is 0 Å². The van der Waals surface area contributed by atoms with E-state index in [4.69, 9.17) is 13.7 Å². The standard InChI is InChI=1S/C14H11N3O4/c18-14(16-9-10-3-5-15-6-4-10)20-13-8-12(21-17-13)11-2-1-7-19-11/h1-8H,9H2,(H,16,18). The number of ether oxygens (including phenoxy) is 1. The van der Waals surface area contributed by atoms with Crippen molar-refractivity contribution in [1.82, 2.24) is 15.5 Å². The van der Waals surface area contributed by atoms with Crippen LogP contribution >= 0.6 is 0 Å². The summed E-state index contributed by atoms with van der Waals surface area (Å²) in [5, 5.41) is 6.24. The Morgan fingerprint density at radius 3 is 2.86 bits per heavy atom. The molecule has 1 N–H and O–H groups in total. The molecule has 0 radical (unpaired) electrons. The first-order valence-electron chi connectivity index (χ1n) is 6.16. The molecule has 3 aromatic heterocycles. The Hall–Kier alpha value is -3.09. The molecule has 0 aliphatic heterocycles. The molecule has 0 atom stereocenters. The molecule has 0 aliphatic carbocycles. The predicted molar refractivity (Wildman–Crippen MR) is 71.3 cm³/mol. The van der Waals surface area contributed by atoms with Gasteiger partial charge < -0.3 is 19.0 Å². The Kier molecular flexibility index (Phi) is 3.64. The van der Waals surface area contributed by atoms with Crippen LogP contribution < -0.4 is 10.1 Å². The second-order valence-corrected chi connectivity index (χ2v) is 4.11. The van der Waals surface area contributed by atoms with Gasteiger partial charge in [-0.3, -0.25) is 4.98 Å². The van der Waals surface area contributed by atoms with Crippen LogP contribution in [0.1, 0.15) is 5.56 Å². The fraction of sp³-hybridized carbons (Fsp3) is 0.0714. The Morgan fingerprint density at radius 1 is 1.24 bits per heavy atom. The Labute approximate surface area is 119 Å². The molecule has 0 bridgehead atoms. The van der Waals surface area contributed by atoms with E-state index in [0.717, 1.165) is 5.56 Å². The van der Waals surface area contributed by atoms with Gasteiger partial charge in [-0.1, -0.05) is 0 Å². The van der Waals surface area contributed by atoms with Gasteiger partial charge in [0.2, 0.25) is 5.76 Å². The van der Waals surface area contributed by atoms with Gasteiger partial charge in [-0.25, -0.2) is 4.79 Å². The number of aromatic nitrogens is 2. The molecule has 3 aromatic rings. The number of carbonyl (C=O) groups is 1. The Morgan fingerprint density at radius 2 is 2.10 bits per heavy atom. The second kappa shape index (κ2) is 5.91. The molecule has 0 aliphatic rings. The molecule has 0 unspecified atom stereocenters. The lowest BCUT2D eigenvalue weighted by Gasteiger charge is -2.03. The van der Waals surface area contributed by atoms with Crippen molar-refractivity contribution in [3.63, 3.8) is 0 Å². The number of pyridine rings is 1. The fourth-order valence-electron chi connectivity index (χ4n) is 1.65. The minimum Gasteiger partial charge on any atom is -0.461 e. The first-order chi connectivity index (χ1) is 10.3. The molecule has 1 amide bonds. The van der Waals surface area contributed by atoms with Crippen LogP contribution in [0.15, 0.2) is 57.9 Å². The lowest BCUT2D eigenvalue weighted by Crippen LogP contribution is -2.26. The van der Waals surface area contributed by atoms with Gasteiger partial charge >= 0.3 is 6.09 Å². The summed E-state index contributed by atoms with van der Waals surface area (Å²) < 4.78 is 15.2. The molecular formula is C14H11N3O4. The molecule has 3 heterocycles. The van der Waals surface area contributed by atoms with Gasteiger partial charge in [-0.05, 0) is 35.0 Å². The zero-order valence-corrected chi connectivity index (χ0v) is 10.9. The quantitative estimate of drug-likeness (QED) is 0.792. The van der Waals surface area contributed by atoms with Gasteiger partial charge in [0.1, 0.15) is 0 Å². The average Bonchev–Trinajstić information content (AvgIpc) is 3.17. The van der Waals surface area contributed by atoms with Gasteiger partial charge in [0, 0.05) is 18.9 Å². The Bertz CT molecular complexity index is 707. The first kappa shape index (κ1) is 12.9. The number of hydrogen-bond acceptors (Lipinski definition) is 6. The van der Waals surface area contributed by atoms with Crippen LogP contribution in [0.3, 0.4) is 0 Å². The zero-order chi connectivity index (χ0) is 14.5. The molecule has 0 aromatic carbocycles. The van der Waals surface area contributed by atoms with Crippen LogP contribution in [0, 0.1) is 0 Å². The number of carbonyl (C=O) groups excluding carboxylic acids is 1. The third kappa shape index (κ3) is 3.27. The molecule has 106 valence electrons. The summed E-state index contributed by atoms with van der Waals surface area (Å²) in [4.78, 5) is 15.5. The minimum atomic E-state index is -0.619. The largest absolute Gasteiger partial charge is 0.461 e. The van der Waals surface area contributed by atoms with Crippen molar-refractivity contribution >= 4 is 6.09 Å². The molecule has 0 saturated carbocycles. The normalized spacial score (nSPS) is 10.3.